The fourth-order valence-electron chi connectivity index (χ4n) is 2.16. The van der Waals surface area contributed by atoms with Crippen molar-refractivity contribution in [1.82, 2.24) is 10.2 Å². The Bertz CT molecular complexity index is 201. The fraction of sp³-hybridized carbons (Fsp3) is 0.909. The van der Waals surface area contributed by atoms with Gasteiger partial charge in [0.2, 0.25) is 0 Å². The second-order valence-electron chi connectivity index (χ2n) is 4.69. The number of nitrogens with one attached hydrogen (secondary N) is 1. The highest BCUT2D eigenvalue weighted by molar-refractivity contribution is 5.75. The molecular weight excluding hydrogens is 176 g/mol. The monoisotopic (exact) mass is 198 g/mol. The average Bonchev–Trinajstić information content (AvgIpc) is 2.26. The first-order valence-electron chi connectivity index (χ1n) is 5.60. The van der Waals surface area contributed by atoms with Crippen LogP contribution in [-0.4, -0.2) is 29.6 Å². The maximum absolute atomic E-state index is 11.8. The van der Waals surface area contributed by atoms with Crippen molar-refractivity contribution in [1.29, 1.82) is 0 Å². The van der Waals surface area contributed by atoms with Gasteiger partial charge in [-0.2, -0.15) is 0 Å². The number of carbonyl (C=O) groups is 1. The van der Waals surface area contributed by atoms with Gasteiger partial charge in [-0.25, -0.2) is 4.79 Å². The summed E-state index contributed by atoms with van der Waals surface area (Å²) in [5, 5.41) is 2.95. The molecule has 3 nitrogen and oxygen atoms in total. The number of carbonyl (C=O) groups excluding carboxylic acids is 1. The second-order valence-corrected chi connectivity index (χ2v) is 4.69. The molecule has 1 fully saturated rings. The molecule has 0 aliphatic carbocycles. The lowest BCUT2D eigenvalue weighted by Gasteiger charge is -2.35. The molecule has 0 spiro atoms. The SMILES string of the molecule is CC(C)C1CCCNC(=O)N1C(C)C. The lowest BCUT2D eigenvalue weighted by atomic mass is 9.97. The Kier molecular flexibility index (Phi) is 3.78. The summed E-state index contributed by atoms with van der Waals surface area (Å²) < 4.78 is 0. The first-order valence-corrected chi connectivity index (χ1v) is 5.60. The lowest BCUT2D eigenvalue weighted by molar-refractivity contribution is 0.136. The highest BCUT2D eigenvalue weighted by Gasteiger charge is 2.29. The Hall–Kier alpha value is -0.730. The van der Waals surface area contributed by atoms with Crippen molar-refractivity contribution in [2.75, 3.05) is 6.54 Å². The molecule has 1 atom stereocenters. The van der Waals surface area contributed by atoms with E-state index in [9.17, 15) is 4.79 Å². The van der Waals surface area contributed by atoms with Crippen LogP contribution in [0.1, 0.15) is 40.5 Å². The normalized spacial score (nSPS) is 24.0. The van der Waals surface area contributed by atoms with E-state index in [1.54, 1.807) is 0 Å². The lowest BCUT2D eigenvalue weighted by Crippen LogP contribution is -2.49. The van der Waals surface area contributed by atoms with Gasteiger partial charge in [0, 0.05) is 18.6 Å². The molecule has 0 radical (unpaired) electrons. The Labute approximate surface area is 86.9 Å². The number of hydrogen-bond acceptors (Lipinski definition) is 1. The molecule has 1 N–H and O–H groups in total. The topological polar surface area (TPSA) is 32.3 Å². The minimum atomic E-state index is 0.108. The smallest absolute Gasteiger partial charge is 0.317 e. The summed E-state index contributed by atoms with van der Waals surface area (Å²) in [4.78, 5) is 13.8. The van der Waals surface area contributed by atoms with Crippen LogP contribution < -0.4 is 5.32 Å². The largest absolute Gasteiger partial charge is 0.338 e. The third kappa shape index (κ3) is 2.40. The van der Waals surface area contributed by atoms with Crippen LogP contribution in [0.4, 0.5) is 4.79 Å². The van der Waals surface area contributed by atoms with E-state index in [0.29, 0.717) is 18.0 Å². The molecule has 0 saturated carbocycles. The van der Waals surface area contributed by atoms with Crippen LogP contribution in [0, 0.1) is 5.92 Å². The summed E-state index contributed by atoms with van der Waals surface area (Å²) in [6.45, 7) is 9.38. The van der Waals surface area contributed by atoms with Crippen LogP contribution >= 0.6 is 0 Å². The predicted octanol–water partition coefficient (Wildman–Crippen LogP) is 2.22. The van der Waals surface area contributed by atoms with Gasteiger partial charge >= 0.3 is 6.03 Å². The number of urea groups is 1. The molecule has 2 amide bonds. The molecule has 0 aromatic rings. The van der Waals surface area contributed by atoms with E-state index in [1.807, 2.05) is 4.90 Å². The molecule has 3 heteroatoms. The van der Waals surface area contributed by atoms with Crippen molar-refractivity contribution in [2.45, 2.75) is 52.6 Å². The third-order valence-electron chi connectivity index (χ3n) is 2.87. The first kappa shape index (κ1) is 11.3. The molecule has 14 heavy (non-hydrogen) atoms. The zero-order chi connectivity index (χ0) is 10.7. The molecular formula is C11H22N2O. The van der Waals surface area contributed by atoms with Gasteiger partial charge in [-0.05, 0) is 32.6 Å². The maximum atomic E-state index is 11.8. The van der Waals surface area contributed by atoms with Gasteiger partial charge < -0.3 is 10.2 Å². The van der Waals surface area contributed by atoms with E-state index in [2.05, 4.69) is 33.0 Å². The molecule has 1 saturated heterocycles. The quantitative estimate of drug-likeness (QED) is 0.725. The van der Waals surface area contributed by atoms with E-state index in [-0.39, 0.29) is 6.03 Å². The zero-order valence-electron chi connectivity index (χ0n) is 9.71. The molecule has 1 rings (SSSR count). The molecule has 1 heterocycles. The van der Waals surface area contributed by atoms with Crippen LogP contribution in [-0.2, 0) is 0 Å². The number of nitrogens with zero attached hydrogens (tertiary/aromatic N) is 1. The van der Waals surface area contributed by atoms with Crippen molar-refractivity contribution in [3.05, 3.63) is 0 Å². The molecule has 1 unspecified atom stereocenters. The van der Waals surface area contributed by atoms with Crippen molar-refractivity contribution < 1.29 is 4.79 Å². The molecule has 82 valence electrons. The Morgan fingerprint density at radius 2 is 2.00 bits per heavy atom. The summed E-state index contributed by atoms with van der Waals surface area (Å²) in [5.74, 6) is 0.543. The number of rotatable bonds is 2. The Balaban J connectivity index is 2.81. The van der Waals surface area contributed by atoms with Crippen LogP contribution in [0.15, 0.2) is 0 Å². The van der Waals surface area contributed by atoms with Gasteiger partial charge in [-0.1, -0.05) is 13.8 Å². The summed E-state index contributed by atoms with van der Waals surface area (Å²) in [7, 11) is 0. The summed E-state index contributed by atoms with van der Waals surface area (Å²) in [6, 6.07) is 0.800. The van der Waals surface area contributed by atoms with Crippen molar-refractivity contribution >= 4 is 6.03 Å². The standard InChI is InChI=1S/C11H22N2O/c1-8(2)10-6-5-7-12-11(14)13(10)9(3)4/h8-10H,5-7H2,1-4H3,(H,12,14). The van der Waals surface area contributed by atoms with Gasteiger partial charge in [0.25, 0.3) is 0 Å². The summed E-state index contributed by atoms with van der Waals surface area (Å²) in [5.41, 5.74) is 0. The van der Waals surface area contributed by atoms with Crippen molar-refractivity contribution in [3.8, 4) is 0 Å². The van der Waals surface area contributed by atoms with Crippen LogP contribution in [0.25, 0.3) is 0 Å². The molecule has 0 bridgehead atoms. The van der Waals surface area contributed by atoms with Crippen LogP contribution in [0.3, 0.4) is 0 Å². The van der Waals surface area contributed by atoms with Gasteiger partial charge in [0.05, 0.1) is 0 Å². The van der Waals surface area contributed by atoms with E-state index >= 15 is 0 Å². The van der Waals surface area contributed by atoms with Gasteiger partial charge in [0.1, 0.15) is 0 Å². The van der Waals surface area contributed by atoms with E-state index < -0.39 is 0 Å². The minimum absolute atomic E-state index is 0.108. The molecule has 0 aromatic carbocycles. The Morgan fingerprint density at radius 3 is 2.50 bits per heavy atom. The van der Waals surface area contributed by atoms with Gasteiger partial charge in [-0.3, -0.25) is 0 Å². The minimum Gasteiger partial charge on any atom is -0.338 e. The van der Waals surface area contributed by atoms with Crippen LogP contribution in [0.2, 0.25) is 0 Å². The number of hydrogen-bond donors (Lipinski definition) is 1. The molecule has 1 aliphatic heterocycles. The maximum Gasteiger partial charge on any atom is 0.317 e. The van der Waals surface area contributed by atoms with Crippen molar-refractivity contribution in [2.24, 2.45) is 5.92 Å². The van der Waals surface area contributed by atoms with Gasteiger partial charge in [-0.15, -0.1) is 0 Å². The molecule has 1 aliphatic rings. The highest BCUT2D eigenvalue weighted by Crippen LogP contribution is 2.21. The second kappa shape index (κ2) is 4.67. The van der Waals surface area contributed by atoms with Gasteiger partial charge in [0.15, 0.2) is 0 Å². The predicted molar refractivity (Wildman–Crippen MR) is 58.2 cm³/mol. The summed E-state index contributed by atoms with van der Waals surface area (Å²) in [6.07, 6.45) is 2.21. The van der Waals surface area contributed by atoms with Crippen molar-refractivity contribution in [3.63, 3.8) is 0 Å². The average molecular weight is 198 g/mol. The Morgan fingerprint density at radius 1 is 1.36 bits per heavy atom. The first-order chi connectivity index (χ1) is 6.54. The van der Waals surface area contributed by atoms with Crippen LogP contribution in [0.5, 0.6) is 0 Å². The van der Waals surface area contributed by atoms with E-state index in [0.717, 1.165) is 19.4 Å². The highest BCUT2D eigenvalue weighted by atomic mass is 16.2. The molecule has 0 aromatic heterocycles. The zero-order valence-corrected chi connectivity index (χ0v) is 9.71. The number of amides is 2. The third-order valence-corrected chi connectivity index (χ3v) is 2.87. The fourth-order valence-corrected chi connectivity index (χ4v) is 2.16. The van der Waals surface area contributed by atoms with E-state index in [4.69, 9.17) is 0 Å². The summed E-state index contributed by atoms with van der Waals surface area (Å²) >= 11 is 0. The van der Waals surface area contributed by atoms with E-state index in [1.165, 1.54) is 0 Å².